The third-order valence-electron chi connectivity index (χ3n) is 2.58. The van der Waals surface area contributed by atoms with Crippen molar-refractivity contribution in [2.75, 3.05) is 20.0 Å². The van der Waals surface area contributed by atoms with Gasteiger partial charge in [-0.15, -0.1) is 11.8 Å². The van der Waals surface area contributed by atoms with E-state index in [1.807, 2.05) is 0 Å². The maximum atomic E-state index is 13.6. The van der Waals surface area contributed by atoms with Gasteiger partial charge in [-0.25, -0.2) is 4.39 Å². The molecular formula is C13H15FO4S. The van der Waals surface area contributed by atoms with Crippen LogP contribution in [0, 0.1) is 5.82 Å². The zero-order chi connectivity index (χ0) is 13.7. The lowest BCUT2D eigenvalue weighted by Crippen LogP contribution is -2.33. The van der Waals surface area contributed by atoms with Crippen LogP contribution >= 0.6 is 11.8 Å². The van der Waals surface area contributed by atoms with E-state index in [9.17, 15) is 9.18 Å². The molecule has 1 aliphatic heterocycles. The van der Waals surface area contributed by atoms with Gasteiger partial charge >= 0.3 is 5.97 Å². The van der Waals surface area contributed by atoms with E-state index in [2.05, 4.69) is 0 Å². The summed E-state index contributed by atoms with van der Waals surface area (Å²) in [5, 5.41) is -0.191. The lowest BCUT2D eigenvalue weighted by molar-refractivity contribution is -0.148. The molecule has 1 aromatic rings. The van der Waals surface area contributed by atoms with E-state index in [1.165, 1.54) is 24.8 Å². The molecule has 0 N–H and O–H groups in total. The zero-order valence-electron chi connectivity index (χ0n) is 10.5. The van der Waals surface area contributed by atoms with Crippen LogP contribution in [0.5, 0.6) is 0 Å². The van der Waals surface area contributed by atoms with Crippen LogP contribution in [-0.4, -0.2) is 37.3 Å². The summed E-state index contributed by atoms with van der Waals surface area (Å²) < 4.78 is 29.3. The minimum Gasteiger partial charge on any atom is -0.459 e. The number of ether oxygens (including phenoxy) is 3. The Hall–Kier alpha value is -1.11. The molecule has 19 heavy (non-hydrogen) atoms. The predicted octanol–water partition coefficient (Wildman–Crippen LogP) is 2.22. The number of esters is 1. The van der Waals surface area contributed by atoms with Crippen LogP contribution in [0.3, 0.4) is 0 Å². The van der Waals surface area contributed by atoms with Crippen molar-refractivity contribution in [3.63, 3.8) is 0 Å². The Morgan fingerprint density at radius 2 is 2.11 bits per heavy atom. The maximum Gasteiger partial charge on any atom is 0.303 e. The second kappa shape index (κ2) is 6.88. The topological polar surface area (TPSA) is 44.8 Å². The number of hydrogen-bond donors (Lipinski definition) is 0. The number of benzene rings is 1. The first-order valence-electron chi connectivity index (χ1n) is 5.90. The minimum absolute atomic E-state index is 0.159. The van der Waals surface area contributed by atoms with Crippen molar-refractivity contribution in [2.24, 2.45) is 0 Å². The van der Waals surface area contributed by atoms with Gasteiger partial charge in [0, 0.05) is 11.8 Å². The summed E-state index contributed by atoms with van der Waals surface area (Å²) in [5.74, 6) is -0.672. The van der Waals surface area contributed by atoms with Crippen molar-refractivity contribution < 1.29 is 23.4 Å². The lowest BCUT2D eigenvalue weighted by Gasteiger charge is -2.22. The minimum atomic E-state index is -0.440. The number of thioether (sulfide) groups is 1. The van der Waals surface area contributed by atoms with Crippen molar-refractivity contribution in [1.82, 2.24) is 0 Å². The molecule has 6 heteroatoms. The first kappa shape index (κ1) is 14.3. The SMILES string of the molecule is CC(=O)O[C@@H]1COCOC[C@H]1Sc1ccccc1F. The van der Waals surface area contributed by atoms with Crippen LogP contribution < -0.4 is 0 Å². The Bertz CT molecular complexity index is 440. The van der Waals surface area contributed by atoms with E-state index in [1.54, 1.807) is 18.2 Å². The second-order valence-corrected chi connectivity index (χ2v) is 5.38. The van der Waals surface area contributed by atoms with Gasteiger partial charge in [0.25, 0.3) is 0 Å². The van der Waals surface area contributed by atoms with Crippen molar-refractivity contribution in [3.05, 3.63) is 30.1 Å². The van der Waals surface area contributed by atoms with Crippen LogP contribution in [0.15, 0.2) is 29.2 Å². The van der Waals surface area contributed by atoms with Gasteiger partial charge in [-0.3, -0.25) is 4.79 Å². The number of halogens is 1. The van der Waals surface area contributed by atoms with Gasteiger partial charge in [-0.05, 0) is 12.1 Å². The summed E-state index contributed by atoms with van der Waals surface area (Å²) in [6, 6.07) is 6.49. The van der Waals surface area contributed by atoms with Crippen molar-refractivity contribution in [3.8, 4) is 0 Å². The highest BCUT2D eigenvalue weighted by Gasteiger charge is 2.29. The smallest absolute Gasteiger partial charge is 0.303 e. The van der Waals surface area contributed by atoms with Gasteiger partial charge < -0.3 is 14.2 Å². The molecule has 0 radical (unpaired) electrons. The molecule has 1 fully saturated rings. The summed E-state index contributed by atoms with van der Waals surface area (Å²) in [6.07, 6.45) is -0.440. The van der Waals surface area contributed by atoms with Crippen LogP contribution in [0.1, 0.15) is 6.92 Å². The molecule has 0 bridgehead atoms. The highest BCUT2D eigenvalue weighted by Crippen LogP contribution is 2.30. The van der Waals surface area contributed by atoms with E-state index in [0.717, 1.165) is 0 Å². The largest absolute Gasteiger partial charge is 0.459 e. The summed E-state index contributed by atoms with van der Waals surface area (Å²) >= 11 is 1.30. The second-order valence-electron chi connectivity index (χ2n) is 4.09. The van der Waals surface area contributed by atoms with Gasteiger partial charge in [-0.1, -0.05) is 12.1 Å². The van der Waals surface area contributed by atoms with Crippen molar-refractivity contribution in [1.29, 1.82) is 0 Å². The molecule has 0 amide bonds. The fourth-order valence-corrected chi connectivity index (χ4v) is 2.85. The molecule has 2 atom stereocenters. The quantitative estimate of drug-likeness (QED) is 0.797. The van der Waals surface area contributed by atoms with Gasteiger partial charge in [-0.2, -0.15) is 0 Å². The summed E-state index contributed by atoms with van der Waals surface area (Å²) in [7, 11) is 0. The van der Waals surface area contributed by atoms with Crippen LogP contribution in [-0.2, 0) is 19.0 Å². The fraction of sp³-hybridized carbons (Fsp3) is 0.462. The molecule has 0 aromatic heterocycles. The number of carbonyl (C=O) groups is 1. The Morgan fingerprint density at radius 3 is 2.84 bits per heavy atom. The highest BCUT2D eigenvalue weighted by molar-refractivity contribution is 8.00. The highest BCUT2D eigenvalue weighted by atomic mass is 32.2. The molecule has 0 unspecified atom stereocenters. The predicted molar refractivity (Wildman–Crippen MR) is 68.4 cm³/mol. The fourth-order valence-electron chi connectivity index (χ4n) is 1.74. The summed E-state index contributed by atoms with van der Waals surface area (Å²) in [4.78, 5) is 11.6. The average molecular weight is 286 g/mol. The standard InChI is InChI=1S/C13H15FO4S/c1-9(15)18-11-6-16-8-17-7-13(11)19-12-5-3-2-4-10(12)14/h2-5,11,13H,6-8H2,1H3/t11-,13-/m1/s1. The number of rotatable bonds is 3. The summed E-state index contributed by atoms with van der Waals surface area (Å²) in [5.41, 5.74) is 0. The van der Waals surface area contributed by atoms with Crippen molar-refractivity contribution >= 4 is 17.7 Å². The molecule has 0 spiro atoms. The molecule has 1 saturated heterocycles. The normalized spacial score (nSPS) is 23.7. The Morgan fingerprint density at radius 1 is 1.37 bits per heavy atom. The Balaban J connectivity index is 2.09. The number of hydrogen-bond acceptors (Lipinski definition) is 5. The lowest BCUT2D eigenvalue weighted by atomic mass is 10.3. The van der Waals surface area contributed by atoms with Crippen LogP contribution in [0.25, 0.3) is 0 Å². The van der Waals surface area contributed by atoms with Gasteiger partial charge in [0.05, 0.1) is 18.5 Å². The molecule has 1 aliphatic rings. The van der Waals surface area contributed by atoms with E-state index in [-0.39, 0.29) is 30.4 Å². The number of carbonyl (C=O) groups excluding carboxylic acids is 1. The molecule has 1 aromatic carbocycles. The molecule has 0 aliphatic carbocycles. The Labute approximate surface area is 115 Å². The van der Waals surface area contributed by atoms with Crippen molar-refractivity contribution in [2.45, 2.75) is 23.2 Å². The molecule has 0 saturated carbocycles. The van der Waals surface area contributed by atoms with E-state index < -0.39 is 6.10 Å². The third-order valence-corrected chi connectivity index (χ3v) is 3.91. The molecular weight excluding hydrogens is 271 g/mol. The van der Waals surface area contributed by atoms with Gasteiger partial charge in [0.1, 0.15) is 18.7 Å². The van der Waals surface area contributed by atoms with E-state index >= 15 is 0 Å². The van der Waals surface area contributed by atoms with E-state index in [0.29, 0.717) is 11.5 Å². The molecule has 104 valence electrons. The van der Waals surface area contributed by atoms with Gasteiger partial charge in [0.15, 0.2) is 0 Å². The monoisotopic (exact) mass is 286 g/mol. The van der Waals surface area contributed by atoms with Crippen LogP contribution in [0.4, 0.5) is 4.39 Å². The molecule has 1 heterocycles. The first-order chi connectivity index (χ1) is 9.16. The molecule has 4 nitrogen and oxygen atoms in total. The maximum absolute atomic E-state index is 13.6. The van der Waals surface area contributed by atoms with E-state index in [4.69, 9.17) is 14.2 Å². The zero-order valence-corrected chi connectivity index (χ0v) is 11.3. The van der Waals surface area contributed by atoms with Crippen LogP contribution in [0.2, 0.25) is 0 Å². The summed E-state index contributed by atoms with van der Waals surface area (Å²) in [6.45, 7) is 2.10. The Kier molecular flexibility index (Phi) is 5.18. The first-order valence-corrected chi connectivity index (χ1v) is 6.78. The molecule has 2 rings (SSSR count). The van der Waals surface area contributed by atoms with Gasteiger partial charge in [0.2, 0.25) is 0 Å². The third kappa shape index (κ3) is 4.19. The average Bonchev–Trinajstić information content (AvgIpc) is 2.58.